The summed E-state index contributed by atoms with van der Waals surface area (Å²) in [7, 11) is 0. The third-order valence-electron chi connectivity index (χ3n) is 5.12. The summed E-state index contributed by atoms with van der Waals surface area (Å²) in [5.41, 5.74) is 0.127. The maximum Gasteiger partial charge on any atom is 0.337 e. The normalized spacial score (nSPS) is 13.3. The Kier molecular flexibility index (Phi) is 10.1. The van der Waals surface area contributed by atoms with Gasteiger partial charge < -0.3 is 24.8 Å². The Labute approximate surface area is 207 Å². The molecule has 2 aromatic rings. The highest BCUT2D eigenvalue weighted by atomic mass is 16.6. The predicted octanol–water partition coefficient (Wildman–Crippen LogP) is 3.68. The zero-order valence-electron chi connectivity index (χ0n) is 21.5. The largest absolute Gasteiger partial charge is 0.464 e. The van der Waals surface area contributed by atoms with Crippen molar-refractivity contribution >= 4 is 28.7 Å². The lowest BCUT2D eigenvalue weighted by atomic mass is 9.99. The van der Waals surface area contributed by atoms with E-state index in [0.717, 1.165) is 16.3 Å². The van der Waals surface area contributed by atoms with Crippen molar-refractivity contribution in [2.45, 2.75) is 65.7 Å². The average Bonchev–Trinajstić information content (AvgIpc) is 2.77. The lowest BCUT2D eigenvalue weighted by Crippen LogP contribution is -2.53. The van der Waals surface area contributed by atoms with Crippen LogP contribution in [0.1, 0.15) is 47.1 Å². The van der Waals surface area contributed by atoms with Gasteiger partial charge in [0.15, 0.2) is 6.10 Å². The van der Waals surface area contributed by atoms with Gasteiger partial charge in [0.25, 0.3) is 0 Å². The molecule has 2 atom stereocenters. The lowest BCUT2D eigenvalue weighted by Gasteiger charge is -2.29. The molecule has 0 aliphatic carbocycles. The third kappa shape index (κ3) is 8.87. The van der Waals surface area contributed by atoms with Crippen molar-refractivity contribution < 1.29 is 29.0 Å². The molecule has 0 aromatic heterocycles. The van der Waals surface area contributed by atoms with Crippen LogP contribution < -0.4 is 5.32 Å². The van der Waals surface area contributed by atoms with Crippen LogP contribution in [0.25, 0.3) is 10.8 Å². The number of esters is 2. The van der Waals surface area contributed by atoms with Gasteiger partial charge in [-0.15, -0.1) is 0 Å². The second-order valence-corrected chi connectivity index (χ2v) is 9.94. The topological polar surface area (TPSA) is 105 Å². The number of benzene rings is 2. The maximum absolute atomic E-state index is 13.2. The Morgan fingerprint density at radius 2 is 1.66 bits per heavy atom. The first-order valence-electron chi connectivity index (χ1n) is 12.0. The van der Waals surface area contributed by atoms with Gasteiger partial charge in [-0.2, -0.15) is 0 Å². The molecule has 0 spiro atoms. The quantitative estimate of drug-likeness (QED) is 0.497. The van der Waals surface area contributed by atoms with Crippen LogP contribution in [0.3, 0.4) is 0 Å². The fourth-order valence-electron chi connectivity index (χ4n) is 3.70. The molecule has 2 amide bonds. The van der Waals surface area contributed by atoms with Gasteiger partial charge in [0.1, 0.15) is 11.6 Å². The Balaban J connectivity index is 2.24. The summed E-state index contributed by atoms with van der Waals surface area (Å²) in [6.07, 6.45) is -1.28. The number of ether oxygens (including phenoxy) is 2. The molecule has 0 radical (unpaired) electrons. The number of nitrogens with zero attached hydrogens (tertiary/aromatic N) is 1. The van der Waals surface area contributed by atoms with Gasteiger partial charge in [0, 0.05) is 13.0 Å². The number of urea groups is 1. The summed E-state index contributed by atoms with van der Waals surface area (Å²) in [4.78, 5) is 39.6. The van der Waals surface area contributed by atoms with E-state index >= 15 is 0 Å². The second kappa shape index (κ2) is 12.5. The average molecular weight is 487 g/mol. The van der Waals surface area contributed by atoms with Crippen molar-refractivity contribution in [2.75, 3.05) is 19.7 Å². The molecule has 0 fully saturated rings. The van der Waals surface area contributed by atoms with E-state index in [4.69, 9.17) is 9.47 Å². The van der Waals surface area contributed by atoms with Crippen LogP contribution in [0, 0.1) is 5.92 Å². The van der Waals surface area contributed by atoms with Crippen molar-refractivity contribution in [3.63, 3.8) is 0 Å². The number of hydrogen-bond donors (Lipinski definition) is 2. The summed E-state index contributed by atoms with van der Waals surface area (Å²) < 4.78 is 10.5. The molecule has 192 valence electrons. The highest BCUT2D eigenvalue weighted by Crippen LogP contribution is 2.20. The molecule has 0 bridgehead atoms. The van der Waals surface area contributed by atoms with Crippen LogP contribution in [0.5, 0.6) is 0 Å². The zero-order chi connectivity index (χ0) is 26.2. The molecule has 8 nitrogen and oxygen atoms in total. The molecule has 0 saturated carbocycles. The lowest BCUT2D eigenvalue weighted by molar-refractivity contribution is -0.165. The minimum Gasteiger partial charge on any atom is -0.464 e. The van der Waals surface area contributed by atoms with Crippen molar-refractivity contribution in [1.82, 2.24) is 10.2 Å². The number of fused-ring (bicyclic) bond motifs is 1. The van der Waals surface area contributed by atoms with Gasteiger partial charge >= 0.3 is 18.0 Å². The van der Waals surface area contributed by atoms with Crippen molar-refractivity contribution in [2.24, 2.45) is 5.92 Å². The molecule has 35 heavy (non-hydrogen) atoms. The van der Waals surface area contributed by atoms with E-state index in [-0.39, 0.29) is 32.0 Å². The standard InChI is InChI=1S/C27H38N2O6/c1-7-34-24(31)22(15-20-13-10-12-19-11-8-9-14-21(19)20)28-26(33)29(16-18(2)3)17-23(30)25(32)35-27(4,5)6/h8-14,18,22-23,30H,7,15-17H2,1-6H3,(H,28,33)/t22-,23?/m0/s1. The number of nitrogens with one attached hydrogen (secondary N) is 1. The van der Waals surface area contributed by atoms with E-state index in [1.54, 1.807) is 27.7 Å². The van der Waals surface area contributed by atoms with Gasteiger partial charge in [-0.05, 0) is 49.9 Å². The van der Waals surface area contributed by atoms with E-state index in [0.29, 0.717) is 0 Å². The minimum absolute atomic E-state index is 0.0608. The summed E-state index contributed by atoms with van der Waals surface area (Å²) in [5, 5.41) is 15.2. The van der Waals surface area contributed by atoms with Crippen molar-refractivity contribution in [3.05, 3.63) is 48.0 Å². The molecule has 2 rings (SSSR count). The van der Waals surface area contributed by atoms with Crippen LogP contribution in [-0.2, 0) is 25.5 Å². The molecule has 2 N–H and O–H groups in total. The van der Waals surface area contributed by atoms with Gasteiger partial charge in [-0.1, -0.05) is 56.3 Å². The van der Waals surface area contributed by atoms with E-state index in [2.05, 4.69) is 5.32 Å². The molecule has 1 unspecified atom stereocenters. The van der Waals surface area contributed by atoms with Crippen LogP contribution in [-0.4, -0.2) is 65.4 Å². The van der Waals surface area contributed by atoms with Crippen LogP contribution in [0.15, 0.2) is 42.5 Å². The second-order valence-electron chi connectivity index (χ2n) is 9.94. The molecule has 0 saturated heterocycles. The third-order valence-corrected chi connectivity index (χ3v) is 5.12. The Bertz CT molecular complexity index is 1010. The minimum atomic E-state index is -1.52. The number of carbonyl (C=O) groups is 3. The maximum atomic E-state index is 13.2. The molecular weight excluding hydrogens is 448 g/mol. The monoisotopic (exact) mass is 486 g/mol. The van der Waals surface area contributed by atoms with Gasteiger partial charge in [0.2, 0.25) is 0 Å². The SMILES string of the molecule is CCOC(=O)[C@H](Cc1cccc2ccccc12)NC(=O)N(CC(C)C)CC(O)C(=O)OC(C)(C)C. The number of aliphatic hydroxyl groups excluding tert-OH is 1. The number of amides is 2. The predicted molar refractivity (Wildman–Crippen MR) is 135 cm³/mol. The highest BCUT2D eigenvalue weighted by molar-refractivity contribution is 5.88. The van der Waals surface area contributed by atoms with Crippen molar-refractivity contribution in [1.29, 1.82) is 0 Å². The Morgan fingerprint density at radius 3 is 2.29 bits per heavy atom. The van der Waals surface area contributed by atoms with E-state index < -0.39 is 35.7 Å². The number of aliphatic hydroxyl groups is 1. The van der Waals surface area contributed by atoms with E-state index in [9.17, 15) is 19.5 Å². The van der Waals surface area contributed by atoms with E-state index in [1.165, 1.54) is 4.90 Å². The van der Waals surface area contributed by atoms with Gasteiger partial charge in [-0.3, -0.25) is 0 Å². The van der Waals surface area contributed by atoms with Crippen LogP contribution in [0.2, 0.25) is 0 Å². The first-order valence-corrected chi connectivity index (χ1v) is 12.0. The molecule has 0 aliphatic heterocycles. The fourth-order valence-corrected chi connectivity index (χ4v) is 3.70. The fraction of sp³-hybridized carbons (Fsp3) is 0.519. The molecule has 0 heterocycles. The highest BCUT2D eigenvalue weighted by Gasteiger charge is 2.30. The summed E-state index contributed by atoms with van der Waals surface area (Å²) in [6, 6.07) is 12.1. The smallest absolute Gasteiger partial charge is 0.337 e. The summed E-state index contributed by atoms with van der Waals surface area (Å²) in [6.45, 7) is 10.8. The molecular formula is C27H38N2O6. The van der Waals surface area contributed by atoms with Gasteiger partial charge in [-0.25, -0.2) is 14.4 Å². The zero-order valence-corrected chi connectivity index (χ0v) is 21.5. The first kappa shape index (κ1) is 28.1. The Morgan fingerprint density at radius 1 is 1.00 bits per heavy atom. The number of carbonyl (C=O) groups excluding carboxylic acids is 3. The van der Waals surface area contributed by atoms with Crippen molar-refractivity contribution in [3.8, 4) is 0 Å². The summed E-state index contributed by atoms with van der Waals surface area (Å²) in [5.74, 6) is -1.30. The molecule has 8 heteroatoms. The molecule has 0 aliphatic rings. The summed E-state index contributed by atoms with van der Waals surface area (Å²) >= 11 is 0. The van der Waals surface area contributed by atoms with Crippen LogP contribution in [0.4, 0.5) is 4.79 Å². The first-order chi connectivity index (χ1) is 16.4. The van der Waals surface area contributed by atoms with Gasteiger partial charge in [0.05, 0.1) is 13.2 Å². The van der Waals surface area contributed by atoms with E-state index in [1.807, 2.05) is 56.3 Å². The number of hydrogen-bond acceptors (Lipinski definition) is 6. The van der Waals surface area contributed by atoms with Crippen LogP contribution >= 0.6 is 0 Å². The molecule has 2 aromatic carbocycles. The number of rotatable bonds is 10. The Hall–Kier alpha value is -3.13.